The van der Waals surface area contributed by atoms with Gasteiger partial charge in [-0.05, 0) is 40.1 Å². The van der Waals surface area contributed by atoms with Gasteiger partial charge in [0.25, 0.3) is 0 Å². The van der Waals surface area contributed by atoms with E-state index in [1.165, 1.54) is 11.3 Å². The fourth-order valence-corrected chi connectivity index (χ4v) is 5.14. The normalized spacial score (nSPS) is 11.1. The largest absolute Gasteiger partial charge is 0.494 e. The molecule has 3 aromatic carbocycles. The molecule has 0 aliphatic heterocycles. The molecule has 33 heavy (non-hydrogen) atoms. The van der Waals surface area contributed by atoms with E-state index >= 15 is 0 Å². The van der Waals surface area contributed by atoms with Crippen LogP contribution >= 0.6 is 22.9 Å². The summed E-state index contributed by atoms with van der Waals surface area (Å²) in [6.07, 6.45) is 3.73. The molecular formula is C26H20ClN3O2S. The molecule has 5 rings (SSSR count). The Hall–Kier alpha value is -3.48. The number of aromatic nitrogens is 2. The molecule has 0 unspecified atom stereocenters. The third kappa shape index (κ3) is 4.27. The molecule has 5 nitrogen and oxygen atoms in total. The van der Waals surface area contributed by atoms with E-state index in [-0.39, 0.29) is 12.3 Å². The number of methoxy groups -OCH3 is 1. The van der Waals surface area contributed by atoms with E-state index in [1.54, 1.807) is 36.5 Å². The van der Waals surface area contributed by atoms with Gasteiger partial charge in [-0.2, -0.15) is 0 Å². The minimum atomic E-state index is -0.0515. The molecule has 0 aliphatic rings. The summed E-state index contributed by atoms with van der Waals surface area (Å²) in [5.41, 5.74) is 2.55. The Bertz CT molecular complexity index is 1450. The summed E-state index contributed by atoms with van der Waals surface area (Å²) in [6.45, 7) is 0.358. The van der Waals surface area contributed by atoms with Crippen LogP contribution in [0.3, 0.4) is 0 Å². The van der Waals surface area contributed by atoms with Crippen LogP contribution in [0.25, 0.3) is 21.0 Å². The zero-order valence-electron chi connectivity index (χ0n) is 17.9. The van der Waals surface area contributed by atoms with Crippen molar-refractivity contribution in [2.75, 3.05) is 12.0 Å². The zero-order chi connectivity index (χ0) is 22.8. The van der Waals surface area contributed by atoms with E-state index in [4.69, 9.17) is 21.3 Å². The SMILES string of the molecule is COc1ccc(Cl)c2sc(N(Cc3cccnc3)C(=O)Cc3cccc4ccccc34)nc12. The second-order valence-electron chi connectivity index (χ2n) is 7.58. The lowest BCUT2D eigenvalue weighted by atomic mass is 10.0. The second-order valence-corrected chi connectivity index (χ2v) is 8.96. The second kappa shape index (κ2) is 9.17. The molecule has 0 radical (unpaired) electrons. The van der Waals surface area contributed by atoms with Gasteiger partial charge in [0, 0.05) is 12.4 Å². The molecular weight excluding hydrogens is 454 g/mol. The molecule has 2 heterocycles. The minimum Gasteiger partial charge on any atom is -0.494 e. The number of pyridine rings is 1. The van der Waals surface area contributed by atoms with Crippen molar-refractivity contribution in [2.45, 2.75) is 13.0 Å². The van der Waals surface area contributed by atoms with Crippen LogP contribution in [0, 0.1) is 0 Å². The molecule has 0 N–H and O–H groups in total. The van der Waals surface area contributed by atoms with Gasteiger partial charge in [0.15, 0.2) is 5.13 Å². The van der Waals surface area contributed by atoms with Gasteiger partial charge in [-0.25, -0.2) is 4.98 Å². The van der Waals surface area contributed by atoms with Crippen molar-refractivity contribution < 1.29 is 9.53 Å². The van der Waals surface area contributed by atoms with Crippen molar-refractivity contribution in [2.24, 2.45) is 0 Å². The average molecular weight is 474 g/mol. The molecule has 0 saturated heterocycles. The number of thiazole rings is 1. The monoisotopic (exact) mass is 473 g/mol. The Morgan fingerprint density at radius 2 is 1.91 bits per heavy atom. The van der Waals surface area contributed by atoms with Crippen LogP contribution in [0.1, 0.15) is 11.1 Å². The lowest BCUT2D eigenvalue weighted by Gasteiger charge is -2.20. The molecule has 164 valence electrons. The van der Waals surface area contributed by atoms with Crippen molar-refractivity contribution in [3.8, 4) is 5.75 Å². The van der Waals surface area contributed by atoms with Crippen molar-refractivity contribution in [1.29, 1.82) is 0 Å². The highest BCUT2D eigenvalue weighted by molar-refractivity contribution is 7.23. The molecule has 2 aromatic heterocycles. The third-order valence-electron chi connectivity index (χ3n) is 5.48. The van der Waals surface area contributed by atoms with Gasteiger partial charge < -0.3 is 4.74 Å². The predicted octanol–water partition coefficient (Wildman–Crippen LogP) is 6.28. The maximum absolute atomic E-state index is 13.7. The van der Waals surface area contributed by atoms with E-state index in [2.05, 4.69) is 17.1 Å². The summed E-state index contributed by atoms with van der Waals surface area (Å²) in [7, 11) is 1.60. The first kappa shape index (κ1) is 21.4. The maximum atomic E-state index is 13.7. The zero-order valence-corrected chi connectivity index (χ0v) is 19.4. The first-order valence-corrected chi connectivity index (χ1v) is 11.6. The maximum Gasteiger partial charge on any atom is 0.233 e. The molecule has 0 saturated carbocycles. The summed E-state index contributed by atoms with van der Waals surface area (Å²) in [5, 5.41) is 3.34. The fourth-order valence-electron chi connectivity index (χ4n) is 3.86. The summed E-state index contributed by atoms with van der Waals surface area (Å²) in [4.78, 5) is 24.4. The quantitative estimate of drug-likeness (QED) is 0.291. The molecule has 0 spiro atoms. The fraction of sp³-hybridized carbons (Fsp3) is 0.115. The van der Waals surface area contributed by atoms with E-state index in [9.17, 15) is 4.79 Å². The van der Waals surface area contributed by atoms with Crippen LogP contribution < -0.4 is 9.64 Å². The third-order valence-corrected chi connectivity index (χ3v) is 7.02. The first-order chi connectivity index (χ1) is 16.1. The van der Waals surface area contributed by atoms with Crippen molar-refractivity contribution in [3.63, 3.8) is 0 Å². The molecule has 1 amide bonds. The number of amides is 1. The van der Waals surface area contributed by atoms with Crippen LogP contribution in [0.15, 0.2) is 79.1 Å². The number of nitrogens with zero attached hydrogens (tertiary/aromatic N) is 3. The molecule has 0 fully saturated rings. The summed E-state index contributed by atoms with van der Waals surface area (Å²) in [6, 6.07) is 21.5. The molecule has 0 bridgehead atoms. The van der Waals surface area contributed by atoms with Crippen LogP contribution in [0.2, 0.25) is 5.02 Å². The Kier molecular flexibility index (Phi) is 5.94. The van der Waals surface area contributed by atoms with Gasteiger partial charge >= 0.3 is 0 Å². The minimum absolute atomic E-state index is 0.0515. The van der Waals surface area contributed by atoms with E-state index in [0.29, 0.717) is 28.0 Å². The van der Waals surface area contributed by atoms with E-state index < -0.39 is 0 Å². The topological polar surface area (TPSA) is 55.3 Å². The number of halogens is 1. The van der Waals surface area contributed by atoms with E-state index in [1.807, 2.05) is 42.5 Å². The Morgan fingerprint density at radius 3 is 2.73 bits per heavy atom. The van der Waals surface area contributed by atoms with Crippen molar-refractivity contribution in [1.82, 2.24) is 9.97 Å². The molecule has 7 heteroatoms. The summed E-state index contributed by atoms with van der Waals surface area (Å²) in [5.74, 6) is 0.573. The number of rotatable bonds is 6. The highest BCUT2D eigenvalue weighted by Crippen LogP contribution is 2.39. The van der Waals surface area contributed by atoms with Gasteiger partial charge in [-0.15, -0.1) is 0 Å². The standard InChI is InChI=1S/C26H20ClN3O2S/c1-32-22-12-11-21(27)25-24(22)29-26(33-25)30(16-17-6-5-13-28-15-17)23(31)14-19-9-4-8-18-7-2-3-10-20(18)19/h2-13,15H,14,16H2,1H3. The number of ether oxygens (including phenoxy) is 1. The van der Waals surface area contributed by atoms with Crippen LogP contribution in [-0.4, -0.2) is 23.0 Å². The van der Waals surface area contributed by atoms with Crippen LogP contribution in [0.5, 0.6) is 5.75 Å². The molecule has 0 atom stereocenters. The molecule has 0 aliphatic carbocycles. The van der Waals surface area contributed by atoms with Crippen molar-refractivity contribution in [3.05, 3.63) is 95.3 Å². The van der Waals surface area contributed by atoms with Gasteiger partial charge in [-0.3, -0.25) is 14.7 Å². The van der Waals surface area contributed by atoms with Gasteiger partial charge in [-0.1, -0.05) is 71.5 Å². The first-order valence-electron chi connectivity index (χ1n) is 10.4. The van der Waals surface area contributed by atoms with E-state index in [0.717, 1.165) is 26.6 Å². The number of benzene rings is 3. The van der Waals surface area contributed by atoms with Crippen LogP contribution in [-0.2, 0) is 17.8 Å². The number of carbonyl (C=O) groups is 1. The Morgan fingerprint density at radius 1 is 1.06 bits per heavy atom. The Balaban J connectivity index is 1.57. The highest BCUT2D eigenvalue weighted by Gasteiger charge is 2.23. The highest BCUT2D eigenvalue weighted by atomic mass is 35.5. The molecule has 5 aromatic rings. The lowest BCUT2D eigenvalue weighted by molar-refractivity contribution is -0.118. The Labute approximate surface area is 200 Å². The lowest BCUT2D eigenvalue weighted by Crippen LogP contribution is -2.31. The number of hydrogen-bond donors (Lipinski definition) is 0. The number of anilines is 1. The van der Waals surface area contributed by atoms with Gasteiger partial charge in [0.05, 0.1) is 29.8 Å². The smallest absolute Gasteiger partial charge is 0.233 e. The average Bonchev–Trinajstić information content (AvgIpc) is 3.30. The number of hydrogen-bond acceptors (Lipinski definition) is 5. The van der Waals surface area contributed by atoms with Gasteiger partial charge in [0.2, 0.25) is 5.91 Å². The summed E-state index contributed by atoms with van der Waals surface area (Å²) >= 11 is 7.83. The predicted molar refractivity (Wildman–Crippen MR) is 134 cm³/mol. The number of fused-ring (bicyclic) bond motifs is 2. The number of carbonyl (C=O) groups excluding carboxylic acids is 1. The van der Waals surface area contributed by atoms with Crippen molar-refractivity contribution >= 4 is 55.0 Å². The van der Waals surface area contributed by atoms with Gasteiger partial charge in [0.1, 0.15) is 11.3 Å². The summed E-state index contributed by atoms with van der Waals surface area (Å²) < 4.78 is 6.26. The van der Waals surface area contributed by atoms with Crippen LogP contribution in [0.4, 0.5) is 5.13 Å².